The standard InChI is InChI=1S/C7H5BClF3NO3.K/c9-6-3-5(16-4-8(10,11)12)1-2-7(6)13(14)15;/h1-3H,4H2;/q-1;+1. The number of rotatable bonds is 4. The van der Waals surface area contributed by atoms with Crippen molar-refractivity contribution in [1.82, 2.24) is 0 Å². The molecule has 1 rings (SSSR count). The Morgan fingerprint density at radius 1 is 1.41 bits per heavy atom. The Morgan fingerprint density at radius 2 is 2.00 bits per heavy atom. The molecule has 1 aromatic rings. The van der Waals surface area contributed by atoms with E-state index >= 15 is 0 Å². The van der Waals surface area contributed by atoms with E-state index in [0.717, 1.165) is 18.2 Å². The van der Waals surface area contributed by atoms with Crippen molar-refractivity contribution in [2.24, 2.45) is 0 Å². The summed E-state index contributed by atoms with van der Waals surface area (Å²) < 4.78 is 39.9. The fourth-order valence-electron chi connectivity index (χ4n) is 0.916. The minimum absolute atomic E-state index is 0. The first kappa shape index (κ1) is 17.2. The van der Waals surface area contributed by atoms with Gasteiger partial charge in [-0.1, -0.05) is 11.6 Å². The largest absolute Gasteiger partial charge is 1.00 e. The van der Waals surface area contributed by atoms with Crippen molar-refractivity contribution in [2.45, 2.75) is 0 Å². The van der Waals surface area contributed by atoms with Crippen LogP contribution in [0.2, 0.25) is 5.02 Å². The van der Waals surface area contributed by atoms with E-state index < -0.39 is 18.4 Å². The summed E-state index contributed by atoms with van der Waals surface area (Å²) in [6, 6.07) is 3.02. The smallest absolute Gasteiger partial charge is 0.522 e. The molecule has 0 atom stereocenters. The quantitative estimate of drug-likeness (QED) is 0.447. The Bertz CT molecular complexity index is 418. The summed E-state index contributed by atoms with van der Waals surface area (Å²) in [6.45, 7) is -6.47. The fourth-order valence-corrected chi connectivity index (χ4v) is 1.16. The maximum Gasteiger partial charge on any atom is 1.00 e. The van der Waals surface area contributed by atoms with Crippen LogP contribution in [-0.4, -0.2) is 18.4 Å². The van der Waals surface area contributed by atoms with Crippen molar-refractivity contribution in [3.63, 3.8) is 0 Å². The second-order valence-electron chi connectivity index (χ2n) is 2.89. The van der Waals surface area contributed by atoms with Crippen LogP contribution in [0.1, 0.15) is 0 Å². The van der Waals surface area contributed by atoms with Gasteiger partial charge in [0, 0.05) is 12.1 Å². The van der Waals surface area contributed by atoms with E-state index in [2.05, 4.69) is 4.74 Å². The topological polar surface area (TPSA) is 52.4 Å². The molecular formula is C7H5BClF3KNO3. The normalized spacial score (nSPS) is 10.6. The van der Waals surface area contributed by atoms with Crippen LogP contribution in [0.3, 0.4) is 0 Å². The molecular weight excluding hydrogens is 288 g/mol. The van der Waals surface area contributed by atoms with E-state index in [-0.39, 0.29) is 67.8 Å². The van der Waals surface area contributed by atoms with Crippen LogP contribution in [0.4, 0.5) is 18.6 Å². The summed E-state index contributed by atoms with van der Waals surface area (Å²) >= 11 is 5.48. The SMILES string of the molecule is O=[N+]([O-])c1ccc(OC[B-](F)(F)F)cc1Cl.[K+]. The first-order valence-corrected chi connectivity index (χ1v) is 4.45. The van der Waals surface area contributed by atoms with Gasteiger partial charge in [0.25, 0.3) is 5.69 Å². The number of benzene rings is 1. The summed E-state index contributed by atoms with van der Waals surface area (Å²) in [7, 11) is 0. The minimum atomic E-state index is -5.06. The molecule has 0 unspecified atom stereocenters. The maximum atomic E-state index is 11.8. The molecule has 0 saturated heterocycles. The molecule has 0 aliphatic carbocycles. The van der Waals surface area contributed by atoms with Gasteiger partial charge in [0.2, 0.25) is 0 Å². The third-order valence-electron chi connectivity index (χ3n) is 1.55. The molecule has 0 aromatic heterocycles. The van der Waals surface area contributed by atoms with E-state index in [9.17, 15) is 23.1 Å². The summed E-state index contributed by atoms with van der Waals surface area (Å²) in [4.78, 5) is 9.62. The summed E-state index contributed by atoms with van der Waals surface area (Å²) in [5, 5.41) is 10.1. The molecule has 0 radical (unpaired) electrons. The first-order valence-electron chi connectivity index (χ1n) is 4.07. The Labute approximate surface area is 142 Å². The second-order valence-corrected chi connectivity index (χ2v) is 3.30. The second kappa shape index (κ2) is 6.95. The Kier molecular flexibility index (Phi) is 7.04. The third-order valence-corrected chi connectivity index (χ3v) is 1.86. The predicted octanol–water partition coefficient (Wildman–Crippen LogP) is 0.0176. The molecule has 1 aromatic carbocycles. The predicted molar refractivity (Wildman–Crippen MR) is 52.7 cm³/mol. The molecule has 10 heteroatoms. The van der Waals surface area contributed by atoms with Gasteiger partial charge >= 0.3 is 58.4 Å². The number of ether oxygens (including phenoxy) is 1. The van der Waals surface area contributed by atoms with Crippen molar-refractivity contribution in [3.05, 3.63) is 33.3 Å². The number of nitro benzene ring substituents is 1. The van der Waals surface area contributed by atoms with Gasteiger partial charge in [0.05, 0.1) is 11.4 Å². The van der Waals surface area contributed by atoms with Crippen molar-refractivity contribution >= 4 is 24.3 Å². The van der Waals surface area contributed by atoms with Crippen LogP contribution < -0.4 is 56.1 Å². The third kappa shape index (κ3) is 6.07. The van der Waals surface area contributed by atoms with Crippen LogP contribution in [0.15, 0.2) is 18.2 Å². The van der Waals surface area contributed by atoms with Gasteiger partial charge in [-0.05, 0) is 6.07 Å². The molecule has 88 valence electrons. The van der Waals surface area contributed by atoms with Gasteiger partial charge in [-0.3, -0.25) is 10.1 Å². The van der Waals surface area contributed by atoms with Crippen LogP contribution in [0.25, 0.3) is 0 Å². The van der Waals surface area contributed by atoms with Gasteiger partial charge < -0.3 is 17.7 Å². The van der Waals surface area contributed by atoms with Crippen molar-refractivity contribution in [2.75, 3.05) is 6.51 Å². The Hall–Kier alpha value is 0.201. The van der Waals surface area contributed by atoms with Crippen LogP contribution in [-0.2, 0) is 0 Å². The van der Waals surface area contributed by atoms with Gasteiger partial charge in [-0.15, -0.1) is 0 Å². The van der Waals surface area contributed by atoms with Crippen LogP contribution >= 0.6 is 11.6 Å². The molecule has 0 amide bonds. The van der Waals surface area contributed by atoms with Crippen molar-refractivity contribution in [1.29, 1.82) is 0 Å². The summed E-state index contributed by atoms with van der Waals surface area (Å²) in [5.74, 6) is -0.158. The van der Waals surface area contributed by atoms with E-state index in [1.54, 1.807) is 0 Å². The summed E-state index contributed by atoms with van der Waals surface area (Å²) in [6.07, 6.45) is 0. The number of hydrogen-bond donors (Lipinski definition) is 0. The number of hydrogen-bond acceptors (Lipinski definition) is 3. The molecule has 17 heavy (non-hydrogen) atoms. The molecule has 0 fully saturated rings. The zero-order valence-electron chi connectivity index (χ0n) is 8.70. The van der Waals surface area contributed by atoms with E-state index in [4.69, 9.17) is 11.6 Å². The molecule has 4 nitrogen and oxygen atoms in total. The average molecular weight is 293 g/mol. The monoisotopic (exact) mass is 293 g/mol. The van der Waals surface area contributed by atoms with Gasteiger partial charge in [-0.25, -0.2) is 0 Å². The fraction of sp³-hybridized carbons (Fsp3) is 0.143. The molecule has 0 spiro atoms. The van der Waals surface area contributed by atoms with Crippen molar-refractivity contribution in [3.8, 4) is 5.75 Å². The molecule has 0 aliphatic rings. The maximum absolute atomic E-state index is 11.8. The first-order chi connectivity index (χ1) is 7.29. The average Bonchev–Trinajstić information content (AvgIpc) is 2.13. The van der Waals surface area contributed by atoms with Crippen LogP contribution in [0.5, 0.6) is 5.75 Å². The Balaban J connectivity index is 0.00000256. The number of halogens is 4. The van der Waals surface area contributed by atoms with E-state index in [1.807, 2.05) is 0 Å². The van der Waals surface area contributed by atoms with Gasteiger partial charge in [0.15, 0.2) is 0 Å². The van der Waals surface area contributed by atoms with Gasteiger partial charge in [0.1, 0.15) is 10.8 Å². The zero-order chi connectivity index (χ0) is 12.3. The van der Waals surface area contributed by atoms with Crippen molar-refractivity contribution < 1.29 is 74.0 Å². The minimum Gasteiger partial charge on any atom is -0.522 e. The molecule has 0 saturated carbocycles. The molecule has 0 heterocycles. The summed E-state index contributed by atoms with van der Waals surface area (Å²) in [5.41, 5.74) is -0.383. The van der Waals surface area contributed by atoms with E-state index in [0.29, 0.717) is 0 Å². The van der Waals surface area contributed by atoms with E-state index in [1.165, 1.54) is 0 Å². The molecule has 0 aliphatic heterocycles. The zero-order valence-corrected chi connectivity index (χ0v) is 12.6. The molecule has 0 N–H and O–H groups in total. The Morgan fingerprint density at radius 3 is 2.41 bits per heavy atom. The molecule has 0 bridgehead atoms. The van der Waals surface area contributed by atoms with Gasteiger partial charge in [-0.2, -0.15) is 0 Å². The van der Waals surface area contributed by atoms with Crippen LogP contribution in [0, 0.1) is 10.1 Å². The number of nitrogens with zero attached hydrogens (tertiary/aromatic N) is 1. The number of nitro groups is 1.